The highest BCUT2D eigenvalue weighted by atomic mass is 32.1. The third-order valence-electron chi connectivity index (χ3n) is 4.75. The van der Waals surface area contributed by atoms with Crippen molar-refractivity contribution >= 4 is 28.7 Å². The highest BCUT2D eigenvalue weighted by Crippen LogP contribution is 2.35. The molecule has 1 aliphatic rings. The number of para-hydroxylation sites is 1. The van der Waals surface area contributed by atoms with Crippen molar-refractivity contribution in [3.05, 3.63) is 53.1 Å². The molecule has 0 bridgehead atoms. The van der Waals surface area contributed by atoms with E-state index < -0.39 is 0 Å². The minimum Gasteiger partial charge on any atom is -0.497 e. The summed E-state index contributed by atoms with van der Waals surface area (Å²) in [5.41, 5.74) is 7.87. The molecule has 0 spiro atoms. The van der Waals surface area contributed by atoms with Crippen molar-refractivity contribution in [2.24, 2.45) is 5.10 Å². The van der Waals surface area contributed by atoms with E-state index in [1.807, 2.05) is 32.0 Å². The van der Waals surface area contributed by atoms with Crippen molar-refractivity contribution in [2.45, 2.75) is 46.1 Å². The number of methoxy groups -OCH3 is 1. The number of nitrogens with zero attached hydrogens (tertiary/aromatic N) is 1. The van der Waals surface area contributed by atoms with Gasteiger partial charge in [0.05, 0.1) is 12.8 Å². The van der Waals surface area contributed by atoms with Crippen LogP contribution in [0.25, 0.3) is 0 Å². The first-order valence-corrected chi connectivity index (χ1v) is 9.83. The molecular weight excluding hydrogens is 370 g/mol. The predicted molar refractivity (Wildman–Crippen MR) is 119 cm³/mol. The summed E-state index contributed by atoms with van der Waals surface area (Å²) in [5.74, 6) is 1.56. The van der Waals surface area contributed by atoms with Gasteiger partial charge in [-0.2, -0.15) is 5.10 Å². The van der Waals surface area contributed by atoms with Gasteiger partial charge in [0.25, 0.3) is 0 Å². The summed E-state index contributed by atoms with van der Waals surface area (Å²) in [7, 11) is 1.65. The number of fused-ring (bicyclic) bond motifs is 1. The fraction of sp³-hybridized carbons (Fsp3) is 0.364. The SMILES string of the molecule is CCc1cccc(C)c1NC(=S)N/N=C1/CC(C)(C)Oc2ccc(OC)cc21. The maximum absolute atomic E-state index is 6.08. The highest BCUT2D eigenvalue weighted by molar-refractivity contribution is 7.80. The van der Waals surface area contributed by atoms with Gasteiger partial charge in [-0.15, -0.1) is 0 Å². The van der Waals surface area contributed by atoms with Crippen LogP contribution < -0.4 is 20.2 Å². The number of rotatable bonds is 4. The van der Waals surface area contributed by atoms with Gasteiger partial charge in [0.15, 0.2) is 5.11 Å². The Labute approximate surface area is 172 Å². The van der Waals surface area contributed by atoms with Crippen LogP contribution in [-0.4, -0.2) is 23.5 Å². The van der Waals surface area contributed by atoms with Crippen molar-refractivity contribution in [3.8, 4) is 11.5 Å². The lowest BCUT2D eigenvalue weighted by atomic mass is 9.92. The minimum atomic E-state index is -0.345. The van der Waals surface area contributed by atoms with Gasteiger partial charge in [-0.3, -0.25) is 5.43 Å². The summed E-state index contributed by atoms with van der Waals surface area (Å²) in [6.45, 7) is 8.30. The number of nitrogens with one attached hydrogen (secondary N) is 2. The zero-order valence-corrected chi connectivity index (χ0v) is 17.9. The van der Waals surface area contributed by atoms with Crippen LogP contribution in [0.4, 0.5) is 5.69 Å². The van der Waals surface area contributed by atoms with E-state index in [2.05, 4.69) is 47.9 Å². The second-order valence-corrected chi connectivity index (χ2v) is 7.90. The van der Waals surface area contributed by atoms with Gasteiger partial charge in [-0.1, -0.05) is 25.1 Å². The number of hydrogen-bond donors (Lipinski definition) is 2. The highest BCUT2D eigenvalue weighted by Gasteiger charge is 2.31. The second kappa shape index (κ2) is 8.19. The Hall–Kier alpha value is -2.60. The Morgan fingerprint density at radius 3 is 2.79 bits per heavy atom. The molecule has 6 heteroatoms. The summed E-state index contributed by atoms with van der Waals surface area (Å²) >= 11 is 5.49. The molecule has 0 aliphatic carbocycles. The molecule has 0 saturated heterocycles. The largest absolute Gasteiger partial charge is 0.497 e. The Morgan fingerprint density at radius 1 is 1.29 bits per heavy atom. The topological polar surface area (TPSA) is 54.9 Å². The molecule has 5 nitrogen and oxygen atoms in total. The van der Waals surface area contributed by atoms with Crippen LogP contribution in [0.5, 0.6) is 11.5 Å². The van der Waals surface area contributed by atoms with Gasteiger partial charge in [0, 0.05) is 17.7 Å². The molecule has 0 unspecified atom stereocenters. The Morgan fingerprint density at radius 2 is 2.07 bits per heavy atom. The second-order valence-electron chi connectivity index (χ2n) is 7.49. The quantitative estimate of drug-likeness (QED) is 0.572. The van der Waals surface area contributed by atoms with Gasteiger partial charge in [-0.05, 0) is 68.7 Å². The van der Waals surface area contributed by atoms with Crippen LogP contribution >= 0.6 is 12.2 Å². The van der Waals surface area contributed by atoms with E-state index in [4.69, 9.17) is 21.7 Å². The first kappa shape index (κ1) is 20.1. The van der Waals surface area contributed by atoms with Gasteiger partial charge < -0.3 is 14.8 Å². The van der Waals surface area contributed by atoms with E-state index in [0.717, 1.165) is 40.4 Å². The average molecular weight is 398 g/mol. The number of thiocarbonyl (C=S) groups is 1. The van der Waals surface area contributed by atoms with Gasteiger partial charge in [-0.25, -0.2) is 0 Å². The summed E-state index contributed by atoms with van der Waals surface area (Å²) in [6.07, 6.45) is 1.59. The van der Waals surface area contributed by atoms with Crippen LogP contribution in [0.15, 0.2) is 41.5 Å². The predicted octanol–water partition coefficient (Wildman–Crippen LogP) is 4.82. The van der Waals surface area contributed by atoms with E-state index >= 15 is 0 Å². The Kier molecular flexibility index (Phi) is 5.89. The molecule has 3 rings (SSSR count). The normalized spacial score (nSPS) is 16.1. The van der Waals surface area contributed by atoms with E-state index in [9.17, 15) is 0 Å². The molecular formula is C22H27N3O2S. The smallest absolute Gasteiger partial charge is 0.191 e. The van der Waals surface area contributed by atoms with Crippen LogP contribution in [0.3, 0.4) is 0 Å². The lowest BCUT2D eigenvalue weighted by Gasteiger charge is -2.33. The maximum atomic E-state index is 6.08. The van der Waals surface area contributed by atoms with E-state index in [1.165, 1.54) is 5.56 Å². The summed E-state index contributed by atoms with van der Waals surface area (Å²) in [4.78, 5) is 0. The standard InChI is InChI=1S/C22H27N3O2S/c1-6-15-9-7-8-14(2)20(15)23-21(28)25-24-18-13-22(3,4)27-19-11-10-16(26-5)12-17(18)19/h7-12H,6,13H2,1-5H3,(H2,23,25,28)/b24-18-. The molecule has 0 radical (unpaired) electrons. The molecule has 0 aromatic heterocycles. The first-order valence-electron chi connectivity index (χ1n) is 9.42. The third kappa shape index (κ3) is 4.44. The van der Waals surface area contributed by atoms with Crippen molar-refractivity contribution in [3.63, 3.8) is 0 Å². The fourth-order valence-electron chi connectivity index (χ4n) is 3.34. The van der Waals surface area contributed by atoms with Crippen LogP contribution in [0.2, 0.25) is 0 Å². The number of hydrazone groups is 1. The summed E-state index contributed by atoms with van der Waals surface area (Å²) in [6, 6.07) is 12.0. The van der Waals surface area contributed by atoms with Crippen molar-refractivity contribution in [1.82, 2.24) is 5.43 Å². The molecule has 148 valence electrons. The van der Waals surface area contributed by atoms with Gasteiger partial charge in [0.1, 0.15) is 17.1 Å². The zero-order chi connectivity index (χ0) is 20.3. The molecule has 0 fully saturated rings. The molecule has 1 aliphatic heterocycles. The molecule has 2 aromatic carbocycles. The maximum Gasteiger partial charge on any atom is 0.191 e. The molecule has 28 heavy (non-hydrogen) atoms. The molecule has 2 N–H and O–H groups in total. The average Bonchev–Trinajstić information content (AvgIpc) is 2.66. The third-order valence-corrected chi connectivity index (χ3v) is 4.94. The first-order chi connectivity index (χ1) is 13.3. The van der Waals surface area contributed by atoms with Crippen LogP contribution in [0.1, 0.15) is 43.9 Å². The van der Waals surface area contributed by atoms with Gasteiger partial charge in [0.2, 0.25) is 0 Å². The number of anilines is 1. The molecule has 2 aromatic rings. The molecule has 0 amide bonds. The number of benzene rings is 2. The summed E-state index contributed by atoms with van der Waals surface area (Å²) < 4.78 is 11.4. The van der Waals surface area contributed by atoms with E-state index in [-0.39, 0.29) is 5.60 Å². The van der Waals surface area contributed by atoms with Crippen molar-refractivity contribution in [1.29, 1.82) is 0 Å². The van der Waals surface area contributed by atoms with Crippen molar-refractivity contribution < 1.29 is 9.47 Å². The molecule has 0 saturated carbocycles. The van der Waals surface area contributed by atoms with E-state index in [1.54, 1.807) is 7.11 Å². The molecule has 0 atom stereocenters. The fourth-order valence-corrected chi connectivity index (χ4v) is 3.49. The lowest BCUT2D eigenvalue weighted by molar-refractivity contribution is 0.111. The zero-order valence-electron chi connectivity index (χ0n) is 17.1. The molecule has 1 heterocycles. The minimum absolute atomic E-state index is 0.345. The monoisotopic (exact) mass is 397 g/mol. The lowest BCUT2D eigenvalue weighted by Crippen LogP contribution is -2.37. The van der Waals surface area contributed by atoms with Crippen molar-refractivity contribution in [2.75, 3.05) is 12.4 Å². The number of hydrogen-bond acceptors (Lipinski definition) is 4. The van der Waals surface area contributed by atoms with Crippen LogP contribution in [0, 0.1) is 6.92 Å². The van der Waals surface area contributed by atoms with Crippen LogP contribution in [-0.2, 0) is 6.42 Å². The number of aryl methyl sites for hydroxylation is 2. The Balaban J connectivity index is 1.83. The Bertz CT molecular complexity index is 922. The summed E-state index contributed by atoms with van der Waals surface area (Å²) in [5, 5.41) is 8.36. The van der Waals surface area contributed by atoms with Gasteiger partial charge >= 0.3 is 0 Å². The van der Waals surface area contributed by atoms with E-state index in [0.29, 0.717) is 11.5 Å². The number of ether oxygens (including phenoxy) is 2.